The van der Waals surface area contributed by atoms with Crippen LogP contribution in [0.15, 0.2) is 86.0 Å². The maximum atomic E-state index is 14.2. The minimum absolute atomic E-state index is 0.0661. The third kappa shape index (κ3) is 2.96. The Kier molecular flexibility index (Phi) is 6.17. The van der Waals surface area contributed by atoms with Gasteiger partial charge in [-0.25, -0.2) is 0 Å². The van der Waals surface area contributed by atoms with Crippen molar-refractivity contribution in [2.24, 2.45) is 0 Å². The molecule has 0 spiro atoms. The van der Waals surface area contributed by atoms with E-state index in [1.807, 2.05) is 72.8 Å². The zero-order chi connectivity index (χ0) is 22.5. The van der Waals surface area contributed by atoms with E-state index in [-0.39, 0.29) is 10.2 Å². The third-order valence-corrected chi connectivity index (χ3v) is 18.1. The normalized spacial score (nSPS) is 35.1. The summed E-state index contributed by atoms with van der Waals surface area (Å²) in [7, 11) is 0. The molecule has 0 N–H and O–H groups in total. The largest absolute Gasteiger partial charge is 0.285 e. The third-order valence-electron chi connectivity index (χ3n) is 5.62. The summed E-state index contributed by atoms with van der Waals surface area (Å²) >= 11 is 9.65. The highest BCUT2D eigenvalue weighted by Gasteiger charge is 2.85. The maximum Gasteiger partial charge on any atom is 0.214 e. The van der Waals surface area contributed by atoms with Crippen LogP contribution in [0.1, 0.15) is 11.1 Å². The summed E-state index contributed by atoms with van der Waals surface area (Å²) < 4.78 is -3.06. The van der Waals surface area contributed by atoms with E-state index in [2.05, 4.69) is 13.2 Å². The van der Waals surface area contributed by atoms with E-state index >= 15 is 0 Å². The molecular formula is C24H20O2S6. The Morgan fingerprint density at radius 3 is 1.41 bits per heavy atom. The van der Waals surface area contributed by atoms with E-state index in [0.717, 1.165) is 11.1 Å². The first kappa shape index (κ1) is 23.1. The van der Waals surface area contributed by atoms with Crippen molar-refractivity contribution < 1.29 is 9.59 Å². The highest BCUT2D eigenvalue weighted by Crippen LogP contribution is 2.89. The predicted molar refractivity (Wildman–Crippen MR) is 147 cm³/mol. The van der Waals surface area contributed by atoms with Crippen LogP contribution in [-0.4, -0.2) is 28.6 Å². The fourth-order valence-electron chi connectivity index (χ4n) is 4.33. The van der Waals surface area contributed by atoms with E-state index in [9.17, 15) is 9.59 Å². The summed E-state index contributed by atoms with van der Waals surface area (Å²) in [6, 6.07) is 19.8. The Balaban J connectivity index is 1.82. The van der Waals surface area contributed by atoms with Gasteiger partial charge in [0.15, 0.2) is 0 Å². The number of carbonyl (C=O) groups is 2. The van der Waals surface area contributed by atoms with Crippen LogP contribution in [-0.2, 0) is 19.1 Å². The molecule has 4 atom stereocenters. The molecule has 0 saturated carbocycles. The molecule has 32 heavy (non-hydrogen) atoms. The number of carbonyl (C=O) groups excluding carboxylic acids is 2. The van der Waals surface area contributed by atoms with Crippen LogP contribution in [0.3, 0.4) is 0 Å². The van der Waals surface area contributed by atoms with Crippen molar-refractivity contribution in [1.82, 2.24) is 0 Å². The van der Waals surface area contributed by atoms with Crippen LogP contribution in [0.25, 0.3) is 0 Å². The van der Waals surface area contributed by atoms with Gasteiger partial charge in [-0.05, 0) is 11.1 Å². The standard InChI is InChI=1S/C24H20O2S6/c1-3-15-27-23-24(28-16-4-2)30-20(26)22(32-24,18-13-9-6-10-14-18)21(31-23,19(25)29-23)17-11-7-5-8-12-17/h3-14H,1-2,15-16H2/t21-,22-,23+,24+/m1/s1. The van der Waals surface area contributed by atoms with Crippen molar-refractivity contribution in [3.8, 4) is 0 Å². The van der Waals surface area contributed by atoms with Gasteiger partial charge >= 0.3 is 0 Å². The molecule has 0 aliphatic carbocycles. The van der Waals surface area contributed by atoms with Crippen molar-refractivity contribution in [3.05, 3.63) is 97.1 Å². The quantitative estimate of drug-likeness (QED) is 0.338. The van der Waals surface area contributed by atoms with Crippen LogP contribution in [0.4, 0.5) is 0 Å². The average Bonchev–Trinajstić information content (AvgIpc) is 3.28. The van der Waals surface area contributed by atoms with Crippen molar-refractivity contribution in [2.45, 2.75) is 16.3 Å². The summed E-state index contributed by atoms with van der Waals surface area (Å²) in [5.41, 5.74) is 1.80. The number of benzene rings is 2. The zero-order valence-corrected chi connectivity index (χ0v) is 21.9. The van der Waals surface area contributed by atoms with E-state index in [1.54, 1.807) is 47.0 Å². The number of fused-ring (bicyclic) bond motifs is 6. The molecule has 0 unspecified atom stereocenters. The molecule has 2 aromatic carbocycles. The Morgan fingerprint density at radius 2 is 1.06 bits per heavy atom. The molecular weight excluding hydrogens is 513 g/mol. The first-order valence-electron chi connectivity index (χ1n) is 9.98. The minimum atomic E-state index is -1.00. The molecule has 5 rings (SSSR count). The lowest BCUT2D eigenvalue weighted by Crippen LogP contribution is -2.53. The number of hydrogen-bond donors (Lipinski definition) is 0. The fraction of sp³-hybridized carbons (Fsp3) is 0.250. The smallest absolute Gasteiger partial charge is 0.214 e. The van der Waals surface area contributed by atoms with Crippen molar-refractivity contribution in [3.63, 3.8) is 0 Å². The van der Waals surface area contributed by atoms with Gasteiger partial charge in [0, 0.05) is 11.5 Å². The lowest BCUT2D eigenvalue weighted by molar-refractivity contribution is -0.120. The summed E-state index contributed by atoms with van der Waals surface area (Å²) in [6.07, 6.45) is 3.76. The van der Waals surface area contributed by atoms with Gasteiger partial charge in [-0.2, -0.15) is 0 Å². The van der Waals surface area contributed by atoms with Crippen molar-refractivity contribution in [1.29, 1.82) is 0 Å². The Bertz CT molecular complexity index is 1000. The van der Waals surface area contributed by atoms with Gasteiger partial charge < -0.3 is 0 Å². The Labute approximate surface area is 214 Å². The lowest BCUT2D eigenvalue weighted by Gasteiger charge is -2.51. The highest BCUT2D eigenvalue weighted by atomic mass is 32.3. The number of rotatable bonds is 8. The van der Waals surface area contributed by atoms with Gasteiger partial charge in [0.1, 0.15) is 16.3 Å². The van der Waals surface area contributed by atoms with Crippen molar-refractivity contribution in [2.75, 3.05) is 11.5 Å². The van der Waals surface area contributed by atoms with E-state index < -0.39 is 16.3 Å². The van der Waals surface area contributed by atoms with E-state index in [1.165, 1.54) is 23.5 Å². The van der Waals surface area contributed by atoms with E-state index in [4.69, 9.17) is 0 Å². The molecule has 3 aliphatic rings. The van der Waals surface area contributed by atoms with Crippen molar-refractivity contribution >= 4 is 80.8 Å². The lowest BCUT2D eigenvalue weighted by atomic mass is 9.80. The molecule has 3 fully saturated rings. The second-order valence-corrected chi connectivity index (χ2v) is 16.6. The van der Waals surface area contributed by atoms with E-state index in [0.29, 0.717) is 11.5 Å². The molecule has 2 aromatic rings. The molecule has 0 aromatic heterocycles. The molecule has 0 radical (unpaired) electrons. The second-order valence-electron chi connectivity index (χ2n) is 7.39. The molecule has 3 saturated heterocycles. The van der Waals surface area contributed by atoms with Gasteiger partial charge in [0.25, 0.3) is 0 Å². The molecule has 164 valence electrons. The zero-order valence-electron chi connectivity index (χ0n) is 17.0. The topological polar surface area (TPSA) is 34.1 Å². The van der Waals surface area contributed by atoms with Gasteiger partial charge in [0.05, 0.1) is 0 Å². The minimum Gasteiger partial charge on any atom is -0.285 e. The molecule has 4 bridgehead atoms. The first-order chi connectivity index (χ1) is 15.5. The molecule has 0 amide bonds. The summed E-state index contributed by atoms with van der Waals surface area (Å²) in [4.78, 5) is 28.4. The summed E-state index contributed by atoms with van der Waals surface area (Å²) in [5.74, 6) is 1.42. The monoisotopic (exact) mass is 532 g/mol. The molecule has 3 heterocycles. The Morgan fingerprint density at radius 1 is 0.688 bits per heavy atom. The fourth-order valence-corrected chi connectivity index (χ4v) is 17.3. The van der Waals surface area contributed by atoms with Crippen LogP contribution in [0.5, 0.6) is 0 Å². The molecule has 8 heteroatoms. The van der Waals surface area contributed by atoms with Gasteiger partial charge in [-0.1, -0.05) is 96.3 Å². The van der Waals surface area contributed by atoms with Gasteiger partial charge in [-0.3, -0.25) is 9.59 Å². The SMILES string of the molecule is C=CCS[C@@]12SC(=O)[C@@](c3ccccc3)(S1)[C@]1(c3ccccc3)S[C@@]2(SCC=C)SC1=O. The number of thioether (sulfide) groups is 6. The molecule has 2 nitrogen and oxygen atoms in total. The van der Waals surface area contributed by atoms with Crippen LogP contribution >= 0.6 is 70.6 Å². The number of hydrogen-bond acceptors (Lipinski definition) is 8. The highest BCUT2D eigenvalue weighted by molar-refractivity contribution is 8.52. The second kappa shape index (κ2) is 8.54. The summed E-state index contributed by atoms with van der Waals surface area (Å²) in [6.45, 7) is 7.83. The Hall–Kier alpha value is -0.640. The maximum absolute atomic E-state index is 14.2. The predicted octanol–water partition coefficient (Wildman–Crippen LogP) is 6.95. The van der Waals surface area contributed by atoms with Crippen LogP contribution in [0.2, 0.25) is 0 Å². The van der Waals surface area contributed by atoms with Gasteiger partial charge in [-0.15, -0.1) is 60.2 Å². The van der Waals surface area contributed by atoms with Crippen LogP contribution in [0, 0.1) is 0 Å². The molecule has 3 aliphatic heterocycles. The van der Waals surface area contributed by atoms with Gasteiger partial charge in [0.2, 0.25) is 10.2 Å². The summed E-state index contributed by atoms with van der Waals surface area (Å²) in [5, 5.41) is 0.132. The van der Waals surface area contributed by atoms with Crippen LogP contribution < -0.4 is 0 Å². The first-order valence-corrected chi connectivity index (χ1v) is 15.2. The average molecular weight is 533 g/mol.